The molecule has 0 saturated heterocycles. The molecule has 0 aliphatic carbocycles. The van der Waals surface area contributed by atoms with E-state index in [1.807, 2.05) is 0 Å². The van der Waals surface area contributed by atoms with Crippen molar-refractivity contribution in [3.05, 3.63) is 23.7 Å². The number of hydrogen-bond acceptors (Lipinski definition) is 4. The SMILES string of the molecule is CC(C)(C)OC(=O)N1CC(C)(C(F)(F)F)c2c1cnc1cc(C(F)F)nn21. The van der Waals surface area contributed by atoms with Crippen molar-refractivity contribution in [2.75, 3.05) is 11.4 Å². The predicted octanol–water partition coefficient (Wildman–Crippen LogP) is 4.24. The Kier molecular flexibility index (Phi) is 4.12. The topological polar surface area (TPSA) is 59.7 Å². The number of carbonyl (C=O) groups excluding carboxylic acids is 1. The highest BCUT2D eigenvalue weighted by atomic mass is 19.4. The van der Waals surface area contributed by atoms with Crippen LogP contribution in [0.5, 0.6) is 0 Å². The van der Waals surface area contributed by atoms with Gasteiger partial charge in [-0.05, 0) is 27.7 Å². The standard InChI is InChI=1S/C16H17F5N4O2/c1-14(2,3)27-13(26)24-7-15(4,16(19,20)21)11-9(24)6-22-10-5-8(12(17)18)23-25(10)11/h5-6,12H,7H2,1-4H3. The zero-order chi connectivity index (χ0) is 20.4. The van der Waals surface area contributed by atoms with Gasteiger partial charge in [0.25, 0.3) is 6.43 Å². The van der Waals surface area contributed by atoms with Crippen molar-refractivity contribution >= 4 is 17.4 Å². The summed E-state index contributed by atoms with van der Waals surface area (Å²) in [5.41, 5.74) is -4.94. The van der Waals surface area contributed by atoms with E-state index in [-0.39, 0.29) is 11.3 Å². The van der Waals surface area contributed by atoms with E-state index in [1.54, 1.807) is 20.8 Å². The van der Waals surface area contributed by atoms with Crippen LogP contribution in [0.4, 0.5) is 32.4 Å². The third-order valence-electron chi connectivity index (χ3n) is 4.23. The quantitative estimate of drug-likeness (QED) is 0.681. The predicted molar refractivity (Wildman–Crippen MR) is 84.9 cm³/mol. The first kappa shape index (κ1) is 19.3. The Morgan fingerprint density at radius 1 is 1.30 bits per heavy atom. The monoisotopic (exact) mass is 392 g/mol. The highest BCUT2D eigenvalue weighted by molar-refractivity contribution is 5.91. The summed E-state index contributed by atoms with van der Waals surface area (Å²) in [6.07, 6.45) is -7.69. The first-order chi connectivity index (χ1) is 12.2. The molecule has 27 heavy (non-hydrogen) atoms. The van der Waals surface area contributed by atoms with Crippen molar-refractivity contribution in [2.24, 2.45) is 0 Å². The molecule has 0 saturated carbocycles. The van der Waals surface area contributed by atoms with E-state index in [9.17, 15) is 26.7 Å². The summed E-state index contributed by atoms with van der Waals surface area (Å²) in [5, 5.41) is 3.59. The van der Waals surface area contributed by atoms with Crippen LogP contribution < -0.4 is 4.90 Å². The van der Waals surface area contributed by atoms with Gasteiger partial charge in [-0.25, -0.2) is 23.1 Å². The second kappa shape index (κ2) is 5.77. The van der Waals surface area contributed by atoms with Gasteiger partial charge in [0, 0.05) is 12.6 Å². The zero-order valence-electron chi connectivity index (χ0n) is 14.9. The lowest BCUT2D eigenvalue weighted by Gasteiger charge is -2.29. The van der Waals surface area contributed by atoms with Gasteiger partial charge in [0.2, 0.25) is 0 Å². The van der Waals surface area contributed by atoms with Crippen LogP contribution in [0.25, 0.3) is 5.65 Å². The highest BCUT2D eigenvalue weighted by Crippen LogP contribution is 2.50. The number of halogens is 5. The summed E-state index contributed by atoms with van der Waals surface area (Å²) in [6.45, 7) is 4.85. The van der Waals surface area contributed by atoms with E-state index in [0.717, 1.165) is 28.6 Å². The molecule has 2 aromatic rings. The van der Waals surface area contributed by atoms with E-state index in [0.29, 0.717) is 0 Å². The maximum absolute atomic E-state index is 13.9. The fourth-order valence-electron chi connectivity index (χ4n) is 2.94. The molecule has 0 N–H and O–H groups in total. The van der Waals surface area contributed by atoms with Gasteiger partial charge in [-0.2, -0.15) is 18.3 Å². The van der Waals surface area contributed by atoms with Gasteiger partial charge >= 0.3 is 12.3 Å². The molecule has 2 aromatic heterocycles. The summed E-state index contributed by atoms with van der Waals surface area (Å²) in [7, 11) is 0. The van der Waals surface area contributed by atoms with Crippen LogP contribution >= 0.6 is 0 Å². The maximum atomic E-state index is 13.9. The molecule has 3 heterocycles. The number of fused-ring (bicyclic) bond motifs is 3. The molecule has 1 amide bonds. The fourth-order valence-corrected chi connectivity index (χ4v) is 2.94. The number of nitrogens with zero attached hydrogens (tertiary/aromatic N) is 4. The minimum atomic E-state index is -4.77. The van der Waals surface area contributed by atoms with Crippen molar-refractivity contribution in [3.63, 3.8) is 0 Å². The molecule has 3 rings (SSSR count). The van der Waals surface area contributed by atoms with Crippen LogP contribution in [0.2, 0.25) is 0 Å². The molecule has 1 atom stereocenters. The second-order valence-electron chi connectivity index (χ2n) is 7.53. The molecule has 1 aliphatic heterocycles. The minimum Gasteiger partial charge on any atom is -0.443 e. The van der Waals surface area contributed by atoms with Crippen molar-refractivity contribution in [2.45, 2.75) is 51.3 Å². The molecule has 0 radical (unpaired) electrons. The van der Waals surface area contributed by atoms with Crippen molar-refractivity contribution in [3.8, 4) is 0 Å². The van der Waals surface area contributed by atoms with E-state index in [4.69, 9.17) is 4.74 Å². The van der Waals surface area contributed by atoms with Gasteiger partial charge in [0.05, 0.1) is 17.6 Å². The number of anilines is 1. The molecule has 11 heteroatoms. The van der Waals surface area contributed by atoms with Gasteiger partial charge in [-0.3, -0.25) is 4.90 Å². The summed E-state index contributed by atoms with van der Waals surface area (Å²) < 4.78 is 73.6. The normalized spacial score (nSPS) is 20.4. The number of amides is 1. The Hall–Kier alpha value is -2.46. The zero-order valence-corrected chi connectivity index (χ0v) is 14.9. The number of carbonyl (C=O) groups is 1. The molecule has 0 spiro atoms. The van der Waals surface area contributed by atoms with Crippen LogP contribution in [0.1, 0.15) is 45.5 Å². The van der Waals surface area contributed by atoms with Crippen LogP contribution in [0.15, 0.2) is 12.3 Å². The van der Waals surface area contributed by atoms with Crippen molar-refractivity contribution in [1.29, 1.82) is 0 Å². The number of alkyl halides is 5. The lowest BCUT2D eigenvalue weighted by Crippen LogP contribution is -2.46. The molecule has 0 bridgehead atoms. The Morgan fingerprint density at radius 2 is 1.93 bits per heavy atom. The maximum Gasteiger partial charge on any atom is 0.414 e. The second-order valence-corrected chi connectivity index (χ2v) is 7.53. The number of aromatic nitrogens is 3. The fraction of sp³-hybridized carbons (Fsp3) is 0.562. The van der Waals surface area contributed by atoms with Crippen molar-refractivity contribution in [1.82, 2.24) is 14.6 Å². The van der Waals surface area contributed by atoms with Crippen LogP contribution in [0, 0.1) is 0 Å². The van der Waals surface area contributed by atoms with E-state index >= 15 is 0 Å². The molecular weight excluding hydrogens is 375 g/mol. The Balaban J connectivity index is 2.22. The molecule has 1 aliphatic rings. The smallest absolute Gasteiger partial charge is 0.414 e. The van der Waals surface area contributed by atoms with Gasteiger partial charge in [-0.1, -0.05) is 0 Å². The third kappa shape index (κ3) is 3.08. The van der Waals surface area contributed by atoms with Crippen LogP contribution in [-0.2, 0) is 10.2 Å². The molecule has 0 aromatic carbocycles. The number of rotatable bonds is 1. The van der Waals surface area contributed by atoms with E-state index in [2.05, 4.69) is 10.1 Å². The Bertz CT molecular complexity index is 903. The van der Waals surface area contributed by atoms with Crippen molar-refractivity contribution < 1.29 is 31.5 Å². The molecule has 148 valence electrons. The Morgan fingerprint density at radius 3 is 2.44 bits per heavy atom. The van der Waals surface area contributed by atoms with Crippen LogP contribution in [-0.4, -0.2) is 39.0 Å². The van der Waals surface area contributed by atoms with Gasteiger partial charge in [0.1, 0.15) is 16.7 Å². The largest absolute Gasteiger partial charge is 0.443 e. The highest BCUT2D eigenvalue weighted by Gasteiger charge is 2.61. The Labute approximate surface area is 150 Å². The lowest BCUT2D eigenvalue weighted by atomic mass is 9.88. The number of ether oxygens (including phenoxy) is 1. The third-order valence-corrected chi connectivity index (χ3v) is 4.23. The average molecular weight is 392 g/mol. The average Bonchev–Trinajstić information content (AvgIpc) is 3.04. The summed E-state index contributed by atoms with van der Waals surface area (Å²) in [5.74, 6) is 0. The first-order valence-corrected chi connectivity index (χ1v) is 7.99. The first-order valence-electron chi connectivity index (χ1n) is 7.99. The summed E-state index contributed by atoms with van der Waals surface area (Å²) >= 11 is 0. The molecule has 6 nitrogen and oxygen atoms in total. The van der Waals surface area contributed by atoms with Gasteiger partial charge in [-0.15, -0.1) is 0 Å². The minimum absolute atomic E-state index is 0.162. The van der Waals surface area contributed by atoms with Gasteiger partial charge < -0.3 is 4.74 Å². The summed E-state index contributed by atoms with van der Waals surface area (Å²) in [6, 6.07) is 0.915. The molecular formula is C16H17F5N4O2. The lowest BCUT2D eigenvalue weighted by molar-refractivity contribution is -0.181. The van der Waals surface area contributed by atoms with E-state index < -0.39 is 47.6 Å². The summed E-state index contributed by atoms with van der Waals surface area (Å²) in [4.78, 5) is 17.1. The molecule has 1 unspecified atom stereocenters. The number of hydrogen-bond donors (Lipinski definition) is 0. The van der Waals surface area contributed by atoms with Gasteiger partial charge in [0.15, 0.2) is 5.65 Å². The van der Waals surface area contributed by atoms with E-state index in [1.165, 1.54) is 0 Å². The molecule has 0 fully saturated rings. The van der Waals surface area contributed by atoms with Crippen LogP contribution in [0.3, 0.4) is 0 Å².